The molecule has 0 spiro atoms. The fourth-order valence-corrected chi connectivity index (χ4v) is 2.96. The number of hydrogen-bond acceptors (Lipinski definition) is 4. The Hall–Kier alpha value is -2.63. The maximum Gasteiger partial charge on any atom is 0.325 e. The van der Waals surface area contributed by atoms with Crippen molar-refractivity contribution in [2.75, 3.05) is 13.7 Å². The average Bonchev–Trinajstić information content (AvgIpc) is 2.58. The van der Waals surface area contributed by atoms with Gasteiger partial charge in [0, 0.05) is 19.2 Å². The van der Waals surface area contributed by atoms with Crippen LogP contribution in [0.4, 0.5) is 0 Å². The van der Waals surface area contributed by atoms with Gasteiger partial charge in [-0.25, -0.2) is 0 Å². The number of esters is 1. The van der Waals surface area contributed by atoms with Crippen molar-refractivity contribution in [2.24, 2.45) is 0 Å². The molecule has 1 aromatic carbocycles. The zero-order chi connectivity index (χ0) is 18.6. The van der Waals surface area contributed by atoms with Gasteiger partial charge in [0.05, 0.1) is 19.6 Å². The molecule has 1 aliphatic rings. The van der Waals surface area contributed by atoms with Crippen molar-refractivity contribution in [1.29, 1.82) is 0 Å². The lowest BCUT2D eigenvalue weighted by Gasteiger charge is -2.34. The number of carbonyl (C=O) groups is 3. The summed E-state index contributed by atoms with van der Waals surface area (Å²) >= 11 is 0. The minimum absolute atomic E-state index is 0.0999. The molecule has 0 bridgehead atoms. The normalized spacial score (nSPS) is 15.7. The van der Waals surface area contributed by atoms with Crippen LogP contribution in [0.25, 0.3) is 6.08 Å². The number of ether oxygens (including phenoxy) is 1. The average molecular weight is 344 g/mol. The van der Waals surface area contributed by atoms with E-state index >= 15 is 0 Å². The molecule has 0 saturated carbocycles. The molecule has 1 aliphatic heterocycles. The third-order valence-corrected chi connectivity index (χ3v) is 4.31. The van der Waals surface area contributed by atoms with E-state index in [1.54, 1.807) is 11.1 Å². The van der Waals surface area contributed by atoms with Crippen molar-refractivity contribution in [3.63, 3.8) is 0 Å². The van der Waals surface area contributed by atoms with Crippen LogP contribution in [0.3, 0.4) is 0 Å². The summed E-state index contributed by atoms with van der Waals surface area (Å²) in [5.41, 5.74) is 1.91. The molecule has 0 saturated heterocycles. The summed E-state index contributed by atoms with van der Waals surface area (Å²) in [4.78, 5) is 39.5. The standard InChI is InChI=1S/C19H24N2O4/c1-13(2)21(12-19(24)25-4)18(23)11-17-16-8-6-5-7-15(16)9-10-20(17)14(3)22/h5-10,13,17H,11-12H2,1-4H3. The molecule has 0 fully saturated rings. The molecule has 6 nitrogen and oxygen atoms in total. The van der Waals surface area contributed by atoms with Crippen LogP contribution in [0.5, 0.6) is 0 Å². The summed E-state index contributed by atoms with van der Waals surface area (Å²) in [5, 5.41) is 0. The second-order valence-corrected chi connectivity index (χ2v) is 6.28. The highest BCUT2D eigenvalue weighted by Crippen LogP contribution is 2.33. The molecule has 2 amide bonds. The Labute approximate surface area is 148 Å². The Balaban J connectivity index is 2.27. The summed E-state index contributed by atoms with van der Waals surface area (Å²) in [7, 11) is 1.30. The number of hydrogen-bond donors (Lipinski definition) is 0. The molecule has 0 aliphatic carbocycles. The number of nitrogens with zero attached hydrogens (tertiary/aromatic N) is 2. The van der Waals surface area contributed by atoms with Gasteiger partial charge in [0.25, 0.3) is 0 Å². The van der Waals surface area contributed by atoms with Crippen LogP contribution in [-0.4, -0.2) is 47.3 Å². The lowest BCUT2D eigenvalue weighted by molar-refractivity contribution is -0.149. The minimum atomic E-state index is -0.464. The topological polar surface area (TPSA) is 66.9 Å². The lowest BCUT2D eigenvalue weighted by Crippen LogP contribution is -2.43. The van der Waals surface area contributed by atoms with Crippen LogP contribution in [-0.2, 0) is 19.1 Å². The van der Waals surface area contributed by atoms with E-state index in [1.165, 1.54) is 18.9 Å². The van der Waals surface area contributed by atoms with E-state index in [4.69, 9.17) is 0 Å². The first-order chi connectivity index (χ1) is 11.8. The van der Waals surface area contributed by atoms with Gasteiger partial charge in [-0.3, -0.25) is 14.4 Å². The van der Waals surface area contributed by atoms with Crippen molar-refractivity contribution in [2.45, 2.75) is 39.3 Å². The number of rotatable bonds is 5. The lowest BCUT2D eigenvalue weighted by atomic mass is 9.93. The van der Waals surface area contributed by atoms with Gasteiger partial charge in [-0.05, 0) is 31.1 Å². The second kappa shape index (κ2) is 7.96. The first-order valence-electron chi connectivity index (χ1n) is 8.27. The molecular weight excluding hydrogens is 320 g/mol. The van der Waals surface area contributed by atoms with Gasteiger partial charge in [-0.1, -0.05) is 24.3 Å². The van der Waals surface area contributed by atoms with Gasteiger partial charge >= 0.3 is 5.97 Å². The first kappa shape index (κ1) is 18.7. The molecule has 6 heteroatoms. The highest BCUT2D eigenvalue weighted by Gasteiger charge is 2.31. The third kappa shape index (κ3) is 4.26. The van der Waals surface area contributed by atoms with Gasteiger partial charge in [0.1, 0.15) is 6.54 Å². The molecule has 0 aromatic heterocycles. The monoisotopic (exact) mass is 344 g/mol. The van der Waals surface area contributed by atoms with Crippen molar-refractivity contribution >= 4 is 23.9 Å². The zero-order valence-electron chi connectivity index (χ0n) is 15.1. The summed E-state index contributed by atoms with van der Waals surface area (Å²) in [5.74, 6) is -0.788. The fourth-order valence-electron chi connectivity index (χ4n) is 2.96. The minimum Gasteiger partial charge on any atom is -0.468 e. The summed E-state index contributed by atoms with van der Waals surface area (Å²) in [6, 6.07) is 7.16. The first-order valence-corrected chi connectivity index (χ1v) is 8.27. The summed E-state index contributed by atoms with van der Waals surface area (Å²) < 4.78 is 4.68. The molecule has 1 heterocycles. The number of methoxy groups -OCH3 is 1. The third-order valence-electron chi connectivity index (χ3n) is 4.31. The highest BCUT2D eigenvalue weighted by molar-refractivity contribution is 5.84. The van der Waals surface area contributed by atoms with Crippen molar-refractivity contribution in [1.82, 2.24) is 9.80 Å². The Morgan fingerprint density at radius 2 is 1.92 bits per heavy atom. The maximum absolute atomic E-state index is 12.8. The molecular formula is C19H24N2O4. The van der Waals surface area contributed by atoms with E-state index in [2.05, 4.69) is 4.74 Å². The van der Waals surface area contributed by atoms with E-state index in [1.807, 2.05) is 44.2 Å². The molecule has 134 valence electrons. The van der Waals surface area contributed by atoms with Crippen LogP contribution < -0.4 is 0 Å². The highest BCUT2D eigenvalue weighted by atomic mass is 16.5. The van der Waals surface area contributed by atoms with Crippen LogP contribution in [0.15, 0.2) is 30.5 Å². The predicted octanol–water partition coefficient (Wildman–Crippen LogP) is 2.36. The molecule has 1 aromatic rings. The fraction of sp³-hybridized carbons (Fsp3) is 0.421. The van der Waals surface area contributed by atoms with Gasteiger partial charge in [-0.2, -0.15) is 0 Å². The van der Waals surface area contributed by atoms with Gasteiger partial charge in [0.15, 0.2) is 0 Å². The molecule has 1 atom stereocenters. The van der Waals surface area contributed by atoms with E-state index in [9.17, 15) is 14.4 Å². The van der Waals surface area contributed by atoms with Gasteiger partial charge < -0.3 is 14.5 Å². The van der Waals surface area contributed by atoms with E-state index in [0.29, 0.717) is 0 Å². The number of carbonyl (C=O) groups excluding carboxylic acids is 3. The molecule has 0 radical (unpaired) electrons. The molecule has 0 N–H and O–H groups in total. The Morgan fingerprint density at radius 1 is 1.24 bits per heavy atom. The number of benzene rings is 1. The van der Waals surface area contributed by atoms with E-state index in [-0.39, 0.29) is 36.9 Å². The summed E-state index contributed by atoms with van der Waals surface area (Å²) in [6.45, 7) is 5.07. The number of amides is 2. The zero-order valence-corrected chi connectivity index (χ0v) is 15.1. The van der Waals surface area contributed by atoms with Crippen molar-refractivity contribution in [3.8, 4) is 0 Å². The van der Waals surface area contributed by atoms with E-state index in [0.717, 1.165) is 11.1 Å². The van der Waals surface area contributed by atoms with Gasteiger partial charge in [0.2, 0.25) is 11.8 Å². The second-order valence-electron chi connectivity index (χ2n) is 6.28. The predicted molar refractivity (Wildman–Crippen MR) is 94.2 cm³/mol. The quantitative estimate of drug-likeness (QED) is 0.769. The van der Waals surface area contributed by atoms with Crippen LogP contribution in [0, 0.1) is 0 Å². The smallest absolute Gasteiger partial charge is 0.325 e. The van der Waals surface area contributed by atoms with E-state index < -0.39 is 5.97 Å². The summed E-state index contributed by atoms with van der Waals surface area (Å²) in [6.07, 6.45) is 3.69. The van der Waals surface area contributed by atoms with Crippen molar-refractivity contribution in [3.05, 3.63) is 41.6 Å². The van der Waals surface area contributed by atoms with Crippen LogP contribution in [0.2, 0.25) is 0 Å². The Kier molecular flexibility index (Phi) is 5.96. The maximum atomic E-state index is 12.8. The molecule has 1 unspecified atom stereocenters. The molecule has 2 rings (SSSR count). The van der Waals surface area contributed by atoms with Crippen LogP contribution in [0.1, 0.15) is 44.4 Å². The Morgan fingerprint density at radius 3 is 2.52 bits per heavy atom. The largest absolute Gasteiger partial charge is 0.468 e. The Bertz CT molecular complexity index is 696. The molecule has 25 heavy (non-hydrogen) atoms. The van der Waals surface area contributed by atoms with Crippen molar-refractivity contribution < 1.29 is 19.1 Å². The SMILES string of the molecule is COC(=O)CN(C(=O)CC1c2ccccc2C=CN1C(C)=O)C(C)C. The van der Waals surface area contributed by atoms with Crippen LogP contribution >= 0.6 is 0 Å². The number of fused-ring (bicyclic) bond motifs is 1. The van der Waals surface area contributed by atoms with Gasteiger partial charge in [-0.15, -0.1) is 0 Å².